The molecule has 2 amide bonds. The van der Waals surface area contributed by atoms with Gasteiger partial charge in [0.1, 0.15) is 11.8 Å². The summed E-state index contributed by atoms with van der Waals surface area (Å²) >= 11 is 0. The number of hydrogen-bond donors (Lipinski definition) is 1. The number of carbonyl (C=O) groups is 2. The summed E-state index contributed by atoms with van der Waals surface area (Å²) in [5.74, 6) is 0.914. The van der Waals surface area contributed by atoms with Crippen molar-refractivity contribution in [1.29, 1.82) is 0 Å². The fourth-order valence-electron chi connectivity index (χ4n) is 4.05. The number of carbonyl (C=O) groups excluding carboxylic acids is 2. The molecule has 0 spiro atoms. The first-order valence-corrected chi connectivity index (χ1v) is 10.5. The molecule has 5 nitrogen and oxygen atoms in total. The SMILES string of the molecule is CCOc1ccc([C@H](C)NC(=O)[C@H]2c3ccccc3CCN2C(=O)C2CC2)cc1. The molecule has 0 unspecified atom stereocenters. The Morgan fingerprint density at radius 2 is 1.86 bits per heavy atom. The third-order valence-electron chi connectivity index (χ3n) is 5.79. The van der Waals surface area contributed by atoms with Crippen molar-refractivity contribution in [1.82, 2.24) is 10.2 Å². The van der Waals surface area contributed by atoms with Crippen LogP contribution < -0.4 is 10.1 Å². The molecular weight excluding hydrogens is 364 g/mol. The average Bonchev–Trinajstić information content (AvgIpc) is 3.58. The first-order valence-electron chi connectivity index (χ1n) is 10.5. The highest BCUT2D eigenvalue weighted by molar-refractivity contribution is 5.91. The lowest BCUT2D eigenvalue weighted by molar-refractivity contribution is -0.142. The zero-order valence-corrected chi connectivity index (χ0v) is 17.1. The highest BCUT2D eigenvalue weighted by atomic mass is 16.5. The Labute approximate surface area is 172 Å². The number of hydrogen-bond acceptors (Lipinski definition) is 3. The van der Waals surface area contributed by atoms with Crippen molar-refractivity contribution in [2.24, 2.45) is 5.92 Å². The van der Waals surface area contributed by atoms with E-state index < -0.39 is 6.04 Å². The fraction of sp³-hybridized carbons (Fsp3) is 0.417. The molecular formula is C24H28N2O3. The molecule has 1 N–H and O–H groups in total. The summed E-state index contributed by atoms with van der Waals surface area (Å²) in [6.07, 6.45) is 2.68. The van der Waals surface area contributed by atoms with Crippen LogP contribution in [0.2, 0.25) is 0 Å². The molecule has 2 aromatic rings. The average molecular weight is 392 g/mol. The first-order chi connectivity index (χ1) is 14.1. The van der Waals surface area contributed by atoms with Gasteiger partial charge in [0, 0.05) is 12.5 Å². The summed E-state index contributed by atoms with van der Waals surface area (Å²) < 4.78 is 5.49. The summed E-state index contributed by atoms with van der Waals surface area (Å²) in [4.78, 5) is 28.0. The summed E-state index contributed by atoms with van der Waals surface area (Å²) in [5, 5.41) is 3.13. The third-order valence-corrected chi connectivity index (χ3v) is 5.79. The molecule has 0 bridgehead atoms. The quantitative estimate of drug-likeness (QED) is 0.814. The Morgan fingerprint density at radius 1 is 1.14 bits per heavy atom. The lowest BCUT2D eigenvalue weighted by Gasteiger charge is -2.37. The van der Waals surface area contributed by atoms with E-state index in [1.54, 1.807) is 4.90 Å². The maximum atomic E-state index is 13.3. The lowest BCUT2D eigenvalue weighted by Crippen LogP contribution is -2.48. The van der Waals surface area contributed by atoms with Crippen LogP contribution in [0.25, 0.3) is 0 Å². The summed E-state index contributed by atoms with van der Waals surface area (Å²) in [5.41, 5.74) is 3.11. The number of amides is 2. The maximum absolute atomic E-state index is 13.3. The number of ether oxygens (including phenoxy) is 1. The van der Waals surface area contributed by atoms with Crippen LogP contribution in [0, 0.1) is 5.92 Å². The normalized spacial score (nSPS) is 19.2. The van der Waals surface area contributed by atoms with Crippen LogP contribution in [0.4, 0.5) is 0 Å². The molecule has 0 aromatic heterocycles. The molecule has 29 heavy (non-hydrogen) atoms. The second kappa shape index (κ2) is 8.27. The zero-order chi connectivity index (χ0) is 20.4. The van der Waals surface area contributed by atoms with Crippen molar-refractivity contribution in [2.45, 2.75) is 45.2 Å². The van der Waals surface area contributed by atoms with Crippen LogP contribution in [0.15, 0.2) is 48.5 Å². The van der Waals surface area contributed by atoms with Crippen LogP contribution >= 0.6 is 0 Å². The molecule has 152 valence electrons. The van der Waals surface area contributed by atoms with Crippen molar-refractivity contribution in [3.63, 3.8) is 0 Å². The first kappa shape index (κ1) is 19.5. The Bertz CT molecular complexity index is 889. The Kier molecular flexibility index (Phi) is 5.56. The van der Waals surface area contributed by atoms with Crippen LogP contribution in [0.5, 0.6) is 5.75 Å². The molecule has 0 radical (unpaired) electrons. The van der Waals surface area contributed by atoms with E-state index in [0.29, 0.717) is 13.2 Å². The second-order valence-electron chi connectivity index (χ2n) is 7.89. The van der Waals surface area contributed by atoms with Crippen LogP contribution in [0.3, 0.4) is 0 Å². The van der Waals surface area contributed by atoms with Crippen LogP contribution in [-0.4, -0.2) is 29.9 Å². The minimum absolute atomic E-state index is 0.0964. The predicted molar refractivity (Wildman–Crippen MR) is 111 cm³/mol. The van der Waals surface area contributed by atoms with Crippen molar-refractivity contribution < 1.29 is 14.3 Å². The summed E-state index contributed by atoms with van der Waals surface area (Å²) in [6, 6.07) is 15.0. The minimum atomic E-state index is -0.557. The molecule has 1 heterocycles. The lowest BCUT2D eigenvalue weighted by atomic mass is 9.91. The van der Waals surface area contributed by atoms with Gasteiger partial charge in [-0.3, -0.25) is 9.59 Å². The topological polar surface area (TPSA) is 58.6 Å². The van der Waals surface area contributed by atoms with Crippen molar-refractivity contribution in [3.05, 3.63) is 65.2 Å². The van der Waals surface area contributed by atoms with Gasteiger partial charge in [0.2, 0.25) is 11.8 Å². The third kappa shape index (κ3) is 4.14. The second-order valence-corrected chi connectivity index (χ2v) is 7.89. The van der Waals surface area contributed by atoms with E-state index in [1.165, 1.54) is 0 Å². The predicted octanol–water partition coefficient (Wildman–Crippen LogP) is 3.80. The standard InChI is InChI=1S/C24H28N2O3/c1-3-29-20-12-10-17(11-13-20)16(2)25-23(27)22-21-7-5-4-6-18(21)14-15-26(22)24(28)19-8-9-19/h4-7,10-13,16,19,22H,3,8-9,14-15H2,1-2H3,(H,25,27)/t16-,22+/m0/s1. The van der Waals surface area contributed by atoms with E-state index in [2.05, 4.69) is 11.4 Å². The highest BCUT2D eigenvalue weighted by Gasteiger charge is 2.41. The number of nitrogens with one attached hydrogen (secondary N) is 1. The van der Waals surface area contributed by atoms with E-state index >= 15 is 0 Å². The van der Waals surface area contributed by atoms with Gasteiger partial charge in [-0.15, -0.1) is 0 Å². The number of benzene rings is 2. The van der Waals surface area contributed by atoms with Gasteiger partial charge in [0.25, 0.3) is 0 Å². The molecule has 0 saturated heterocycles. The summed E-state index contributed by atoms with van der Waals surface area (Å²) in [6.45, 7) is 5.14. The smallest absolute Gasteiger partial charge is 0.247 e. The van der Waals surface area contributed by atoms with Gasteiger partial charge in [-0.2, -0.15) is 0 Å². The maximum Gasteiger partial charge on any atom is 0.247 e. The van der Waals surface area contributed by atoms with Gasteiger partial charge < -0.3 is 15.0 Å². The van der Waals surface area contributed by atoms with Gasteiger partial charge >= 0.3 is 0 Å². The number of fused-ring (bicyclic) bond motifs is 1. The molecule has 1 saturated carbocycles. The van der Waals surface area contributed by atoms with E-state index in [-0.39, 0.29) is 23.8 Å². The Balaban J connectivity index is 1.54. The molecule has 2 aliphatic rings. The van der Waals surface area contributed by atoms with E-state index in [1.807, 2.05) is 56.3 Å². The molecule has 4 rings (SSSR count). The van der Waals surface area contributed by atoms with Gasteiger partial charge in [0.15, 0.2) is 0 Å². The van der Waals surface area contributed by atoms with Crippen LogP contribution in [0.1, 0.15) is 55.5 Å². The monoisotopic (exact) mass is 392 g/mol. The number of rotatable bonds is 6. The Hall–Kier alpha value is -2.82. The van der Waals surface area contributed by atoms with Crippen molar-refractivity contribution in [2.75, 3.05) is 13.2 Å². The van der Waals surface area contributed by atoms with Crippen molar-refractivity contribution >= 4 is 11.8 Å². The van der Waals surface area contributed by atoms with Gasteiger partial charge in [-0.25, -0.2) is 0 Å². The molecule has 2 atom stereocenters. The van der Waals surface area contributed by atoms with E-state index in [0.717, 1.165) is 41.7 Å². The van der Waals surface area contributed by atoms with Crippen LogP contribution in [-0.2, 0) is 16.0 Å². The minimum Gasteiger partial charge on any atom is -0.494 e. The number of nitrogens with zero attached hydrogens (tertiary/aromatic N) is 1. The zero-order valence-electron chi connectivity index (χ0n) is 17.1. The largest absolute Gasteiger partial charge is 0.494 e. The molecule has 2 aromatic carbocycles. The molecule has 5 heteroatoms. The highest BCUT2D eigenvalue weighted by Crippen LogP contribution is 2.37. The Morgan fingerprint density at radius 3 is 2.55 bits per heavy atom. The molecule has 1 aliphatic carbocycles. The van der Waals surface area contributed by atoms with E-state index in [9.17, 15) is 9.59 Å². The molecule has 1 aliphatic heterocycles. The fourth-order valence-corrected chi connectivity index (χ4v) is 4.05. The van der Waals surface area contributed by atoms with Gasteiger partial charge in [0.05, 0.1) is 12.6 Å². The van der Waals surface area contributed by atoms with E-state index in [4.69, 9.17) is 4.74 Å². The van der Waals surface area contributed by atoms with Gasteiger partial charge in [-0.05, 0) is 61.9 Å². The van der Waals surface area contributed by atoms with Crippen molar-refractivity contribution in [3.8, 4) is 5.75 Å². The summed E-state index contributed by atoms with van der Waals surface area (Å²) in [7, 11) is 0. The molecule has 1 fully saturated rings. The van der Waals surface area contributed by atoms with Gasteiger partial charge in [-0.1, -0.05) is 36.4 Å².